The third-order valence-corrected chi connectivity index (χ3v) is 5.96. The average molecular weight is 452 g/mol. The molecule has 174 valence electrons. The van der Waals surface area contributed by atoms with Crippen LogP contribution in [0.2, 0.25) is 0 Å². The number of fused-ring (bicyclic) bond motifs is 2. The number of anilines is 1. The van der Waals surface area contributed by atoms with Crippen molar-refractivity contribution in [1.29, 1.82) is 0 Å². The monoisotopic (exact) mass is 451 g/mol. The molecular weight excluding hydrogens is 422 g/mol. The van der Waals surface area contributed by atoms with Gasteiger partial charge in [-0.3, -0.25) is 0 Å². The maximum absolute atomic E-state index is 9.65. The highest BCUT2D eigenvalue weighted by Crippen LogP contribution is 2.33. The minimum absolute atomic E-state index is 0.118. The Morgan fingerprint density at radius 2 is 2.12 bits per heavy atom. The Labute approximate surface area is 193 Å². The summed E-state index contributed by atoms with van der Waals surface area (Å²) in [5.41, 5.74) is 2.62. The van der Waals surface area contributed by atoms with Crippen molar-refractivity contribution >= 4 is 16.7 Å². The number of pyridine rings is 2. The van der Waals surface area contributed by atoms with Gasteiger partial charge in [-0.25, -0.2) is 9.97 Å². The molecule has 3 aromatic rings. The lowest BCUT2D eigenvalue weighted by molar-refractivity contribution is -0.199. The van der Waals surface area contributed by atoms with Crippen LogP contribution in [0.4, 0.5) is 5.82 Å². The topological polar surface area (TPSA) is 86.2 Å². The van der Waals surface area contributed by atoms with E-state index in [4.69, 9.17) is 23.9 Å². The van der Waals surface area contributed by atoms with Crippen LogP contribution >= 0.6 is 0 Å². The molecule has 4 heterocycles. The van der Waals surface area contributed by atoms with Gasteiger partial charge in [-0.1, -0.05) is 6.07 Å². The predicted molar refractivity (Wildman–Crippen MR) is 125 cm³/mol. The lowest BCUT2D eigenvalue weighted by atomic mass is 10.1. The van der Waals surface area contributed by atoms with E-state index in [1.54, 1.807) is 0 Å². The van der Waals surface area contributed by atoms with E-state index in [1.807, 2.05) is 49.6 Å². The molecule has 5 rings (SSSR count). The molecule has 2 aromatic heterocycles. The minimum Gasteiger partial charge on any atom is -0.491 e. The molecule has 2 aliphatic rings. The zero-order valence-corrected chi connectivity index (χ0v) is 18.8. The van der Waals surface area contributed by atoms with E-state index in [1.165, 1.54) is 0 Å². The summed E-state index contributed by atoms with van der Waals surface area (Å²) in [4.78, 5) is 11.4. The van der Waals surface area contributed by atoms with Crippen LogP contribution in [-0.4, -0.2) is 67.5 Å². The van der Waals surface area contributed by atoms with Crippen LogP contribution in [0.15, 0.2) is 42.6 Å². The Balaban J connectivity index is 1.27. The molecule has 0 radical (unpaired) electrons. The summed E-state index contributed by atoms with van der Waals surface area (Å²) in [6.45, 7) is 2.32. The average Bonchev–Trinajstić information content (AvgIpc) is 2.86. The maximum Gasteiger partial charge on any atom is 0.171 e. The number of hydrogen-bond donors (Lipinski definition) is 1. The lowest BCUT2D eigenvalue weighted by Crippen LogP contribution is -2.33. The molecule has 2 aliphatic heterocycles. The van der Waals surface area contributed by atoms with Crippen molar-refractivity contribution in [3.8, 4) is 22.8 Å². The maximum atomic E-state index is 9.65. The second kappa shape index (κ2) is 9.91. The van der Waals surface area contributed by atoms with Crippen molar-refractivity contribution in [2.24, 2.45) is 0 Å². The number of benzene rings is 1. The highest BCUT2D eigenvalue weighted by Gasteiger charge is 2.20. The molecule has 1 aromatic carbocycles. The van der Waals surface area contributed by atoms with Gasteiger partial charge in [-0.2, -0.15) is 0 Å². The van der Waals surface area contributed by atoms with Crippen LogP contribution < -0.4 is 14.4 Å². The number of aliphatic hydroxyl groups is 1. The molecule has 2 atom stereocenters. The second-order valence-electron chi connectivity index (χ2n) is 8.41. The van der Waals surface area contributed by atoms with Crippen molar-refractivity contribution in [2.75, 3.05) is 44.9 Å². The number of nitrogens with zero attached hydrogens (tertiary/aromatic N) is 3. The van der Waals surface area contributed by atoms with Crippen LogP contribution in [-0.2, 0) is 9.47 Å². The van der Waals surface area contributed by atoms with E-state index in [2.05, 4.69) is 9.88 Å². The fourth-order valence-electron chi connectivity index (χ4n) is 4.08. The van der Waals surface area contributed by atoms with E-state index in [0.29, 0.717) is 19.0 Å². The quantitative estimate of drug-likeness (QED) is 0.585. The Hall–Kier alpha value is -2.94. The molecule has 0 bridgehead atoms. The van der Waals surface area contributed by atoms with Crippen LogP contribution in [0.3, 0.4) is 0 Å². The first-order valence-corrected chi connectivity index (χ1v) is 11.5. The summed E-state index contributed by atoms with van der Waals surface area (Å²) in [6.07, 6.45) is 4.13. The highest BCUT2D eigenvalue weighted by molar-refractivity contribution is 5.83. The van der Waals surface area contributed by atoms with E-state index in [0.717, 1.165) is 59.5 Å². The number of likely N-dealkylation sites (N-methyl/N-ethyl adjacent to an activating group) is 1. The summed E-state index contributed by atoms with van der Waals surface area (Å²) in [6, 6.07) is 11.8. The van der Waals surface area contributed by atoms with Crippen LogP contribution in [0.1, 0.15) is 19.3 Å². The lowest BCUT2D eigenvalue weighted by Gasteiger charge is -2.26. The van der Waals surface area contributed by atoms with Gasteiger partial charge in [-0.05, 0) is 49.6 Å². The summed E-state index contributed by atoms with van der Waals surface area (Å²) in [7, 11) is 2.01. The Morgan fingerprint density at radius 3 is 2.97 bits per heavy atom. The van der Waals surface area contributed by atoms with E-state index in [9.17, 15) is 5.11 Å². The third-order valence-electron chi connectivity index (χ3n) is 5.96. The van der Waals surface area contributed by atoms with Gasteiger partial charge in [0.1, 0.15) is 25.1 Å². The third kappa shape index (κ3) is 5.03. The number of hydrogen-bond acceptors (Lipinski definition) is 8. The molecule has 33 heavy (non-hydrogen) atoms. The smallest absolute Gasteiger partial charge is 0.171 e. The van der Waals surface area contributed by atoms with Gasteiger partial charge in [0.25, 0.3) is 0 Å². The normalized spacial score (nSPS) is 19.1. The van der Waals surface area contributed by atoms with Gasteiger partial charge >= 0.3 is 0 Å². The zero-order valence-electron chi connectivity index (χ0n) is 18.8. The van der Waals surface area contributed by atoms with Crippen LogP contribution in [0.25, 0.3) is 22.2 Å². The number of aliphatic hydroxyl groups excluding tert-OH is 1. The first-order chi connectivity index (χ1) is 16.2. The van der Waals surface area contributed by atoms with E-state index >= 15 is 0 Å². The van der Waals surface area contributed by atoms with Gasteiger partial charge in [0.05, 0.1) is 24.4 Å². The number of aromatic nitrogens is 2. The Morgan fingerprint density at radius 1 is 1.18 bits per heavy atom. The first-order valence-electron chi connectivity index (χ1n) is 11.5. The first kappa shape index (κ1) is 21.9. The highest BCUT2D eigenvalue weighted by atomic mass is 16.7. The molecule has 2 unspecified atom stereocenters. The molecule has 8 nitrogen and oxygen atoms in total. The molecule has 0 amide bonds. The molecule has 1 saturated heterocycles. The molecular formula is C25H29N3O5. The molecule has 1 N–H and O–H groups in total. The van der Waals surface area contributed by atoms with Gasteiger partial charge < -0.3 is 29.0 Å². The van der Waals surface area contributed by atoms with E-state index < -0.39 is 6.10 Å². The summed E-state index contributed by atoms with van der Waals surface area (Å²) < 4.78 is 23.1. The van der Waals surface area contributed by atoms with Crippen molar-refractivity contribution < 1.29 is 24.1 Å². The predicted octanol–water partition coefficient (Wildman–Crippen LogP) is 3.41. The SMILES string of the molecule is CN1CCOc2cc(-c3ccc4cc(OCC(CO)OC5CCCCO5)ccc4n3)cnc21. The van der Waals surface area contributed by atoms with Crippen LogP contribution in [0.5, 0.6) is 11.5 Å². The number of ether oxygens (including phenoxy) is 4. The molecule has 1 fully saturated rings. The molecule has 0 aliphatic carbocycles. The molecule has 0 spiro atoms. The van der Waals surface area contributed by atoms with Gasteiger partial charge in [0.15, 0.2) is 17.9 Å². The number of rotatable bonds is 7. The summed E-state index contributed by atoms with van der Waals surface area (Å²) >= 11 is 0. The molecule has 8 heteroatoms. The van der Waals surface area contributed by atoms with Gasteiger partial charge in [0, 0.05) is 30.8 Å². The molecule has 0 saturated carbocycles. The fraction of sp³-hybridized carbons (Fsp3) is 0.440. The second-order valence-corrected chi connectivity index (χ2v) is 8.41. The zero-order chi connectivity index (χ0) is 22.6. The summed E-state index contributed by atoms with van der Waals surface area (Å²) in [5, 5.41) is 10.6. The standard InChI is InChI=1S/C25H29N3O5/c1-28-9-11-30-23-13-18(14-26-25(23)28)22-7-5-17-12-19(6-8-21(17)27-22)32-16-20(15-29)33-24-4-2-3-10-31-24/h5-8,12-14,20,24,29H,2-4,9-11,15-16H2,1H3. The summed E-state index contributed by atoms with van der Waals surface area (Å²) in [5.74, 6) is 2.34. The van der Waals surface area contributed by atoms with Crippen molar-refractivity contribution in [3.05, 3.63) is 42.6 Å². The van der Waals surface area contributed by atoms with Crippen LogP contribution in [0, 0.1) is 0 Å². The largest absolute Gasteiger partial charge is 0.491 e. The van der Waals surface area contributed by atoms with Gasteiger partial charge in [0.2, 0.25) is 0 Å². The van der Waals surface area contributed by atoms with Crippen molar-refractivity contribution in [3.63, 3.8) is 0 Å². The van der Waals surface area contributed by atoms with Crippen molar-refractivity contribution in [2.45, 2.75) is 31.7 Å². The Bertz CT molecular complexity index is 1100. The fourth-order valence-corrected chi connectivity index (χ4v) is 4.08. The van der Waals surface area contributed by atoms with E-state index in [-0.39, 0.29) is 19.5 Å². The van der Waals surface area contributed by atoms with Crippen molar-refractivity contribution in [1.82, 2.24) is 9.97 Å². The van der Waals surface area contributed by atoms with Gasteiger partial charge in [-0.15, -0.1) is 0 Å². The Kier molecular flexibility index (Phi) is 6.57. The minimum atomic E-state index is -0.429.